The average Bonchev–Trinajstić information content (AvgIpc) is 2.54. The highest BCUT2D eigenvalue weighted by atomic mass is 35.5. The summed E-state index contributed by atoms with van der Waals surface area (Å²) < 4.78 is 27.4. The van der Waals surface area contributed by atoms with E-state index in [4.69, 9.17) is 21.5 Å². The van der Waals surface area contributed by atoms with Crippen LogP contribution in [0.4, 0.5) is 5.69 Å². The first-order valence-corrected chi connectivity index (χ1v) is 9.13. The lowest BCUT2D eigenvalue weighted by molar-refractivity contribution is -0.123. The number of nitrogens with one attached hydrogen (secondary N) is 1. The fourth-order valence-corrected chi connectivity index (χ4v) is 2.61. The van der Waals surface area contributed by atoms with Crippen LogP contribution in [0, 0.1) is 0 Å². The summed E-state index contributed by atoms with van der Waals surface area (Å²) >= 11 is 5.69. The molecule has 4 N–H and O–H groups in total. The van der Waals surface area contributed by atoms with Gasteiger partial charge in [0.15, 0.2) is 6.10 Å². The van der Waals surface area contributed by atoms with Gasteiger partial charge in [0.1, 0.15) is 11.3 Å². The predicted octanol–water partition coefficient (Wildman–Crippen LogP) is 1.88. The Morgan fingerprint density at radius 1 is 1.19 bits per heavy atom. The van der Waals surface area contributed by atoms with Crippen LogP contribution in [0.2, 0.25) is 5.02 Å². The fourth-order valence-electron chi connectivity index (χ4n) is 1.93. The van der Waals surface area contributed by atoms with Gasteiger partial charge < -0.3 is 15.2 Å². The van der Waals surface area contributed by atoms with Gasteiger partial charge in [-0.2, -0.15) is 0 Å². The maximum atomic E-state index is 12.1. The van der Waals surface area contributed by atoms with Crippen molar-refractivity contribution in [1.29, 1.82) is 0 Å². The Balaban J connectivity index is 2.02. The van der Waals surface area contributed by atoms with Gasteiger partial charge >= 0.3 is 5.97 Å². The van der Waals surface area contributed by atoms with Gasteiger partial charge in [0.05, 0.1) is 4.90 Å². The molecule has 10 heteroatoms. The number of phenols is 1. The third-order valence-corrected chi connectivity index (χ3v) is 4.45. The zero-order chi connectivity index (χ0) is 19.5. The SMILES string of the molecule is C[C@@H](OC(=O)c1ccc(Cl)cc1O)C(=O)Nc1ccc(S(N)(=O)=O)cc1. The number of esters is 1. The van der Waals surface area contributed by atoms with Crippen molar-refractivity contribution in [2.75, 3.05) is 5.32 Å². The van der Waals surface area contributed by atoms with Gasteiger partial charge in [0.2, 0.25) is 10.0 Å². The van der Waals surface area contributed by atoms with Crippen molar-refractivity contribution in [2.24, 2.45) is 5.14 Å². The number of hydrogen-bond acceptors (Lipinski definition) is 6. The third-order valence-electron chi connectivity index (χ3n) is 3.28. The number of amides is 1. The first kappa shape index (κ1) is 19.7. The normalized spacial score (nSPS) is 12.3. The second-order valence-electron chi connectivity index (χ2n) is 5.27. The minimum Gasteiger partial charge on any atom is -0.507 e. The molecule has 0 heterocycles. The topological polar surface area (TPSA) is 136 Å². The number of benzene rings is 2. The Hall–Kier alpha value is -2.62. The smallest absolute Gasteiger partial charge is 0.342 e. The summed E-state index contributed by atoms with van der Waals surface area (Å²) in [6.07, 6.45) is -1.17. The number of halogens is 1. The number of anilines is 1. The van der Waals surface area contributed by atoms with Crippen molar-refractivity contribution in [3.05, 3.63) is 53.1 Å². The minimum absolute atomic E-state index is 0.104. The lowest BCUT2D eigenvalue weighted by atomic mass is 10.2. The number of primary sulfonamides is 1. The molecular weight excluding hydrogens is 384 g/mol. The van der Waals surface area contributed by atoms with Gasteiger partial charge in [-0.3, -0.25) is 4.79 Å². The number of carbonyl (C=O) groups excluding carboxylic acids is 2. The van der Waals surface area contributed by atoms with Crippen molar-refractivity contribution < 1.29 is 27.9 Å². The van der Waals surface area contributed by atoms with E-state index in [0.29, 0.717) is 5.69 Å². The number of ether oxygens (including phenoxy) is 1. The van der Waals surface area contributed by atoms with Gasteiger partial charge in [0.25, 0.3) is 5.91 Å². The summed E-state index contributed by atoms with van der Waals surface area (Å²) in [5.41, 5.74) is 0.159. The van der Waals surface area contributed by atoms with E-state index >= 15 is 0 Å². The predicted molar refractivity (Wildman–Crippen MR) is 94.4 cm³/mol. The fraction of sp³-hybridized carbons (Fsp3) is 0.125. The van der Waals surface area contributed by atoms with Gasteiger partial charge in [0, 0.05) is 10.7 Å². The van der Waals surface area contributed by atoms with Crippen LogP contribution in [-0.2, 0) is 19.6 Å². The van der Waals surface area contributed by atoms with E-state index in [1.165, 1.54) is 49.4 Å². The summed E-state index contributed by atoms with van der Waals surface area (Å²) in [5, 5.41) is 17.4. The van der Waals surface area contributed by atoms with Crippen LogP contribution in [0.5, 0.6) is 5.75 Å². The number of nitrogens with two attached hydrogens (primary N) is 1. The second-order valence-corrected chi connectivity index (χ2v) is 7.27. The van der Waals surface area contributed by atoms with Crippen molar-refractivity contribution in [3.63, 3.8) is 0 Å². The maximum absolute atomic E-state index is 12.1. The van der Waals surface area contributed by atoms with Gasteiger partial charge in [-0.05, 0) is 49.4 Å². The lowest BCUT2D eigenvalue weighted by Crippen LogP contribution is -2.30. The molecule has 0 aliphatic carbocycles. The van der Waals surface area contributed by atoms with Crippen LogP contribution in [0.15, 0.2) is 47.4 Å². The summed E-state index contributed by atoms with van der Waals surface area (Å²) in [6.45, 7) is 1.35. The molecule has 8 nitrogen and oxygen atoms in total. The third kappa shape index (κ3) is 4.94. The quantitative estimate of drug-likeness (QED) is 0.658. The average molecular weight is 399 g/mol. The molecule has 0 bridgehead atoms. The Bertz CT molecular complexity index is 944. The summed E-state index contributed by atoms with van der Waals surface area (Å²) in [4.78, 5) is 24.0. The van der Waals surface area contributed by atoms with Gasteiger partial charge in [-0.1, -0.05) is 11.6 Å². The van der Waals surface area contributed by atoms with E-state index in [1.807, 2.05) is 0 Å². The van der Waals surface area contributed by atoms with Crippen molar-refractivity contribution in [1.82, 2.24) is 0 Å². The van der Waals surface area contributed by atoms with Crippen LogP contribution in [0.25, 0.3) is 0 Å². The zero-order valence-corrected chi connectivity index (χ0v) is 15.0. The summed E-state index contributed by atoms with van der Waals surface area (Å²) in [7, 11) is -3.83. The second kappa shape index (κ2) is 7.73. The van der Waals surface area contributed by atoms with E-state index < -0.39 is 28.0 Å². The molecule has 138 valence electrons. The van der Waals surface area contributed by atoms with E-state index in [9.17, 15) is 23.1 Å². The molecule has 0 saturated heterocycles. The monoisotopic (exact) mass is 398 g/mol. The first-order valence-electron chi connectivity index (χ1n) is 7.21. The molecule has 2 aromatic carbocycles. The maximum Gasteiger partial charge on any atom is 0.342 e. The number of aromatic hydroxyl groups is 1. The van der Waals surface area contributed by atoms with E-state index in [-0.39, 0.29) is 21.2 Å². The Morgan fingerprint density at radius 3 is 2.35 bits per heavy atom. The van der Waals surface area contributed by atoms with E-state index in [0.717, 1.165) is 0 Å². The number of sulfonamides is 1. The van der Waals surface area contributed by atoms with Crippen LogP contribution in [0.1, 0.15) is 17.3 Å². The lowest BCUT2D eigenvalue weighted by Gasteiger charge is -2.14. The highest BCUT2D eigenvalue weighted by molar-refractivity contribution is 7.89. The highest BCUT2D eigenvalue weighted by Crippen LogP contribution is 2.23. The van der Waals surface area contributed by atoms with E-state index in [2.05, 4.69) is 5.32 Å². The molecule has 0 aliphatic rings. The van der Waals surface area contributed by atoms with Crippen molar-refractivity contribution in [2.45, 2.75) is 17.9 Å². The molecule has 1 amide bonds. The van der Waals surface area contributed by atoms with Crippen LogP contribution in [0.3, 0.4) is 0 Å². The van der Waals surface area contributed by atoms with Crippen LogP contribution in [-0.4, -0.2) is 31.5 Å². The summed E-state index contributed by atoms with van der Waals surface area (Å²) in [5.74, 6) is -1.91. The Morgan fingerprint density at radius 2 is 1.81 bits per heavy atom. The van der Waals surface area contributed by atoms with E-state index in [1.54, 1.807) is 0 Å². The standard InChI is InChI=1S/C16H15ClN2O6S/c1-9(25-16(22)13-7-2-10(17)8-14(13)20)15(21)19-11-3-5-12(6-4-11)26(18,23)24/h2-9,20H,1H3,(H,19,21)(H2,18,23,24)/t9-/m1/s1. The molecule has 0 spiro atoms. The minimum atomic E-state index is -3.83. The molecule has 0 aromatic heterocycles. The van der Waals surface area contributed by atoms with Crippen LogP contribution >= 0.6 is 11.6 Å². The van der Waals surface area contributed by atoms with Crippen molar-refractivity contribution >= 4 is 39.2 Å². The molecule has 1 atom stereocenters. The Kier molecular flexibility index (Phi) is 5.86. The van der Waals surface area contributed by atoms with Crippen LogP contribution < -0.4 is 10.5 Å². The Labute approximate surface area is 154 Å². The molecule has 0 fully saturated rings. The molecule has 0 aliphatic heterocycles. The summed E-state index contributed by atoms with van der Waals surface area (Å²) in [6, 6.07) is 9.00. The highest BCUT2D eigenvalue weighted by Gasteiger charge is 2.21. The van der Waals surface area contributed by atoms with Gasteiger partial charge in [-0.15, -0.1) is 0 Å². The molecule has 2 aromatic rings. The number of carbonyl (C=O) groups is 2. The number of rotatable bonds is 5. The molecule has 2 rings (SSSR count). The molecule has 26 heavy (non-hydrogen) atoms. The number of hydrogen-bond donors (Lipinski definition) is 3. The molecule has 0 saturated carbocycles. The molecular formula is C16H15ClN2O6S. The molecule has 0 unspecified atom stereocenters. The largest absolute Gasteiger partial charge is 0.507 e. The van der Waals surface area contributed by atoms with Crippen molar-refractivity contribution in [3.8, 4) is 5.75 Å². The zero-order valence-electron chi connectivity index (χ0n) is 13.5. The number of phenolic OH excluding ortho intramolecular Hbond substituents is 1. The molecule has 0 radical (unpaired) electrons. The first-order chi connectivity index (χ1) is 12.1. The van der Waals surface area contributed by atoms with Gasteiger partial charge in [-0.25, -0.2) is 18.4 Å².